The fourth-order valence-electron chi connectivity index (χ4n) is 3.61. The number of aromatic hydroxyl groups is 2. The maximum Gasteiger partial charge on any atom is 0.255 e. The van der Waals surface area contributed by atoms with Crippen molar-refractivity contribution in [1.29, 1.82) is 0 Å². The molecule has 182 valence electrons. The number of aromatic nitrogens is 5. The van der Waals surface area contributed by atoms with E-state index >= 15 is 0 Å². The van der Waals surface area contributed by atoms with Crippen molar-refractivity contribution >= 4 is 32.6 Å². The van der Waals surface area contributed by atoms with Crippen LogP contribution in [-0.2, 0) is 16.4 Å². The van der Waals surface area contributed by atoms with E-state index in [1.165, 1.54) is 18.5 Å². The molecule has 5 rings (SSSR count). The summed E-state index contributed by atoms with van der Waals surface area (Å²) >= 11 is 6.26. The maximum atomic E-state index is 12.9. The van der Waals surface area contributed by atoms with E-state index in [2.05, 4.69) is 20.1 Å². The van der Waals surface area contributed by atoms with Crippen LogP contribution in [0.4, 0.5) is 0 Å². The van der Waals surface area contributed by atoms with E-state index in [1.807, 2.05) is 0 Å². The van der Waals surface area contributed by atoms with E-state index in [4.69, 9.17) is 16.0 Å². The van der Waals surface area contributed by atoms with Gasteiger partial charge in [0.05, 0.1) is 10.8 Å². The van der Waals surface area contributed by atoms with E-state index in [0.29, 0.717) is 16.1 Å². The standard InChI is InChI=1S/C23H16ClN5O6S/c24-15-4-2-1-3-14(15)19-8-18(32)20-16(30)7-17(31)21(22(20)35-19)23-26-9-13(10-27-23)5-6-36(33,34)29-12-25-11-28-29/h1-4,7-12,30-31H,5-6H2. The van der Waals surface area contributed by atoms with Crippen molar-refractivity contribution in [1.82, 2.24) is 24.1 Å². The number of fused-ring (bicyclic) bond motifs is 1. The highest BCUT2D eigenvalue weighted by Crippen LogP contribution is 2.40. The molecular weight excluding hydrogens is 510 g/mol. The van der Waals surface area contributed by atoms with Gasteiger partial charge in [-0.25, -0.2) is 23.4 Å². The minimum Gasteiger partial charge on any atom is -0.507 e. The summed E-state index contributed by atoms with van der Waals surface area (Å²) in [6.07, 6.45) is 5.11. The molecule has 0 radical (unpaired) electrons. The van der Waals surface area contributed by atoms with Crippen molar-refractivity contribution < 1.29 is 23.0 Å². The fraction of sp³-hybridized carbons (Fsp3) is 0.0870. The van der Waals surface area contributed by atoms with Gasteiger partial charge in [0.15, 0.2) is 16.8 Å². The van der Waals surface area contributed by atoms with Gasteiger partial charge in [-0.05, 0) is 24.1 Å². The van der Waals surface area contributed by atoms with Crippen LogP contribution in [0.5, 0.6) is 11.5 Å². The largest absolute Gasteiger partial charge is 0.507 e. The molecule has 0 atom stereocenters. The number of phenolic OH excluding ortho intramolecular Hbond substituents is 2. The molecule has 5 aromatic rings. The molecule has 0 saturated carbocycles. The Morgan fingerprint density at radius 1 is 1.06 bits per heavy atom. The van der Waals surface area contributed by atoms with Crippen LogP contribution in [0.25, 0.3) is 33.7 Å². The van der Waals surface area contributed by atoms with Gasteiger partial charge < -0.3 is 14.6 Å². The van der Waals surface area contributed by atoms with Gasteiger partial charge in [0.2, 0.25) is 0 Å². The number of aryl methyl sites for hydroxylation is 1. The van der Waals surface area contributed by atoms with E-state index in [-0.39, 0.29) is 40.3 Å². The lowest BCUT2D eigenvalue weighted by molar-refractivity contribution is 0.453. The minimum absolute atomic E-state index is 0.000146. The number of nitrogens with zero attached hydrogens (tertiary/aromatic N) is 5. The predicted octanol–water partition coefficient (Wildman–Crippen LogP) is 2.99. The summed E-state index contributed by atoms with van der Waals surface area (Å²) in [6.45, 7) is 0. The van der Waals surface area contributed by atoms with Crippen molar-refractivity contribution in [2.24, 2.45) is 0 Å². The molecule has 0 aliphatic carbocycles. The molecule has 0 spiro atoms. The van der Waals surface area contributed by atoms with Crippen molar-refractivity contribution in [2.75, 3.05) is 5.75 Å². The topological polar surface area (TPSA) is 161 Å². The van der Waals surface area contributed by atoms with Gasteiger partial charge >= 0.3 is 0 Å². The summed E-state index contributed by atoms with van der Waals surface area (Å²) in [4.78, 5) is 25.0. The van der Waals surface area contributed by atoms with Crippen molar-refractivity contribution in [3.05, 3.63) is 82.3 Å². The number of benzene rings is 2. The highest BCUT2D eigenvalue weighted by Gasteiger charge is 2.22. The van der Waals surface area contributed by atoms with E-state index in [0.717, 1.165) is 22.8 Å². The summed E-state index contributed by atoms with van der Waals surface area (Å²) in [5, 5.41) is 24.8. The highest BCUT2D eigenvalue weighted by molar-refractivity contribution is 7.89. The van der Waals surface area contributed by atoms with E-state index in [1.54, 1.807) is 24.3 Å². The lowest BCUT2D eigenvalue weighted by Gasteiger charge is -2.11. The third-order valence-corrected chi connectivity index (χ3v) is 7.17. The zero-order valence-corrected chi connectivity index (χ0v) is 19.8. The lowest BCUT2D eigenvalue weighted by Crippen LogP contribution is -2.18. The molecule has 0 unspecified atom stereocenters. The Labute approximate surface area is 208 Å². The van der Waals surface area contributed by atoms with Crippen LogP contribution in [0.15, 0.2) is 70.7 Å². The van der Waals surface area contributed by atoms with Crippen LogP contribution in [0.1, 0.15) is 5.56 Å². The first-order chi connectivity index (χ1) is 17.2. The molecule has 0 bridgehead atoms. The van der Waals surface area contributed by atoms with Gasteiger partial charge in [0.1, 0.15) is 40.9 Å². The summed E-state index contributed by atoms with van der Waals surface area (Å²) in [5.74, 6) is -1.02. The average molecular weight is 526 g/mol. The Balaban J connectivity index is 1.55. The van der Waals surface area contributed by atoms with Gasteiger partial charge in [0.25, 0.3) is 10.0 Å². The molecular formula is C23H16ClN5O6S. The molecule has 11 nitrogen and oxygen atoms in total. The Bertz CT molecular complexity index is 1750. The van der Waals surface area contributed by atoms with Crippen LogP contribution in [0, 0.1) is 0 Å². The molecule has 36 heavy (non-hydrogen) atoms. The van der Waals surface area contributed by atoms with Gasteiger partial charge in [0, 0.05) is 30.1 Å². The summed E-state index contributed by atoms with van der Waals surface area (Å²) in [6, 6.07) is 8.94. The normalized spacial score (nSPS) is 11.7. The van der Waals surface area contributed by atoms with Crippen molar-refractivity contribution in [2.45, 2.75) is 6.42 Å². The fourth-order valence-corrected chi connectivity index (χ4v) is 4.90. The lowest BCUT2D eigenvalue weighted by atomic mass is 10.1. The van der Waals surface area contributed by atoms with E-state index in [9.17, 15) is 23.4 Å². The van der Waals surface area contributed by atoms with Gasteiger partial charge in [-0.3, -0.25) is 4.79 Å². The average Bonchev–Trinajstić information content (AvgIpc) is 3.39. The smallest absolute Gasteiger partial charge is 0.255 e. The Kier molecular flexibility index (Phi) is 5.90. The molecule has 0 amide bonds. The Morgan fingerprint density at radius 2 is 1.81 bits per heavy atom. The van der Waals surface area contributed by atoms with Crippen LogP contribution in [0.2, 0.25) is 5.02 Å². The van der Waals surface area contributed by atoms with Gasteiger partial charge in [-0.2, -0.15) is 0 Å². The van der Waals surface area contributed by atoms with Crippen molar-refractivity contribution in [3.63, 3.8) is 0 Å². The van der Waals surface area contributed by atoms with Gasteiger partial charge in [-0.15, -0.1) is 9.19 Å². The maximum absolute atomic E-state index is 12.9. The highest BCUT2D eigenvalue weighted by atomic mass is 35.5. The third kappa shape index (κ3) is 4.27. The molecule has 0 aliphatic rings. The number of halogens is 1. The molecule has 2 N–H and O–H groups in total. The molecule has 2 aromatic carbocycles. The summed E-state index contributed by atoms with van der Waals surface area (Å²) < 4.78 is 31.3. The van der Waals surface area contributed by atoms with Crippen LogP contribution < -0.4 is 5.43 Å². The monoisotopic (exact) mass is 525 g/mol. The first-order valence-corrected chi connectivity index (χ1v) is 12.4. The van der Waals surface area contributed by atoms with Crippen LogP contribution in [0.3, 0.4) is 0 Å². The van der Waals surface area contributed by atoms with E-state index < -0.39 is 27.0 Å². The van der Waals surface area contributed by atoms with Crippen LogP contribution in [-0.4, -0.2) is 48.5 Å². The molecule has 0 aliphatic heterocycles. The molecule has 0 saturated heterocycles. The summed E-state index contributed by atoms with van der Waals surface area (Å²) in [7, 11) is -3.70. The first-order valence-electron chi connectivity index (χ1n) is 10.4. The quantitative estimate of drug-likeness (QED) is 0.337. The van der Waals surface area contributed by atoms with Gasteiger partial charge in [-0.1, -0.05) is 23.7 Å². The SMILES string of the molecule is O=c1cc(-c2ccccc2Cl)oc2c(-c3ncc(CCS(=O)(=O)n4cncn4)cn3)c(O)cc(O)c12. The number of hydrogen-bond donors (Lipinski definition) is 2. The number of phenols is 2. The number of hydrogen-bond acceptors (Lipinski definition) is 10. The second-order valence-electron chi connectivity index (χ2n) is 7.70. The van der Waals surface area contributed by atoms with Crippen molar-refractivity contribution in [3.8, 4) is 34.2 Å². The Hall–Kier alpha value is -4.29. The third-order valence-electron chi connectivity index (χ3n) is 5.36. The second kappa shape index (κ2) is 9.06. The molecule has 3 aromatic heterocycles. The second-order valence-corrected chi connectivity index (χ2v) is 10.1. The van der Waals surface area contributed by atoms with Crippen LogP contribution >= 0.6 is 11.6 Å². The minimum atomic E-state index is -3.70. The predicted molar refractivity (Wildman–Crippen MR) is 130 cm³/mol. The Morgan fingerprint density at radius 3 is 2.50 bits per heavy atom. The zero-order valence-electron chi connectivity index (χ0n) is 18.2. The first kappa shape index (κ1) is 23.5. The summed E-state index contributed by atoms with van der Waals surface area (Å²) in [5.41, 5.74) is 0.243. The molecule has 3 heterocycles. The zero-order chi connectivity index (χ0) is 25.4. The molecule has 0 fully saturated rings. The number of rotatable bonds is 6. The molecule has 13 heteroatoms.